The highest BCUT2D eigenvalue weighted by Gasteiger charge is 2.14. The van der Waals surface area contributed by atoms with E-state index in [0.29, 0.717) is 6.54 Å². The van der Waals surface area contributed by atoms with Crippen LogP contribution >= 0.6 is 22.9 Å². The maximum absolute atomic E-state index is 6.01. The van der Waals surface area contributed by atoms with Gasteiger partial charge in [0, 0.05) is 29.9 Å². The summed E-state index contributed by atoms with van der Waals surface area (Å²) in [6, 6.07) is 8.18. The number of aliphatic imine (C=N–C) groups is 1. The van der Waals surface area contributed by atoms with Crippen molar-refractivity contribution in [1.29, 1.82) is 0 Å². The summed E-state index contributed by atoms with van der Waals surface area (Å²) in [5.74, 6) is 0.834. The van der Waals surface area contributed by atoms with Crippen molar-refractivity contribution in [3.8, 4) is 0 Å². The van der Waals surface area contributed by atoms with Gasteiger partial charge < -0.3 is 15.5 Å². The first-order valence-electron chi connectivity index (χ1n) is 8.84. The SMILES string of the molecule is CCNC(=NCC(c1ccc(Cl)cc1)N(C)C)NCCc1csc(C)n1. The first kappa shape index (κ1) is 20.7. The summed E-state index contributed by atoms with van der Waals surface area (Å²) in [6.07, 6.45) is 0.892. The van der Waals surface area contributed by atoms with E-state index in [4.69, 9.17) is 16.6 Å². The van der Waals surface area contributed by atoms with E-state index in [1.54, 1.807) is 11.3 Å². The fourth-order valence-corrected chi connectivity index (χ4v) is 3.38. The van der Waals surface area contributed by atoms with E-state index in [-0.39, 0.29) is 6.04 Å². The predicted octanol–water partition coefficient (Wildman–Crippen LogP) is 3.51. The number of aryl methyl sites for hydroxylation is 1. The van der Waals surface area contributed by atoms with Crippen LogP contribution in [-0.2, 0) is 6.42 Å². The Morgan fingerprint density at radius 1 is 1.27 bits per heavy atom. The van der Waals surface area contributed by atoms with Gasteiger partial charge in [-0.1, -0.05) is 23.7 Å². The molecule has 0 saturated carbocycles. The van der Waals surface area contributed by atoms with Crippen molar-refractivity contribution >= 4 is 28.9 Å². The Kier molecular flexibility index (Phi) is 8.35. The number of nitrogens with one attached hydrogen (secondary N) is 2. The molecule has 0 aliphatic carbocycles. The van der Waals surface area contributed by atoms with Gasteiger partial charge in [-0.25, -0.2) is 4.98 Å². The molecule has 2 N–H and O–H groups in total. The second kappa shape index (κ2) is 10.5. The van der Waals surface area contributed by atoms with Gasteiger partial charge in [0.1, 0.15) is 0 Å². The number of likely N-dealkylation sites (N-methyl/N-ethyl adjacent to an activating group) is 1. The quantitative estimate of drug-likeness (QED) is 0.532. The molecule has 1 aromatic heterocycles. The van der Waals surface area contributed by atoms with Crippen molar-refractivity contribution in [3.05, 3.63) is 50.9 Å². The molecule has 0 bridgehead atoms. The molecular formula is C19H28ClN5S. The Morgan fingerprint density at radius 3 is 2.58 bits per heavy atom. The lowest BCUT2D eigenvalue weighted by atomic mass is 10.1. The minimum absolute atomic E-state index is 0.198. The lowest BCUT2D eigenvalue weighted by molar-refractivity contribution is 0.306. The molecule has 7 heteroatoms. The van der Waals surface area contributed by atoms with Gasteiger partial charge in [0.2, 0.25) is 0 Å². The number of hydrogen-bond donors (Lipinski definition) is 2. The molecule has 142 valence electrons. The maximum atomic E-state index is 6.01. The van der Waals surface area contributed by atoms with Gasteiger partial charge in [0.05, 0.1) is 23.3 Å². The summed E-state index contributed by atoms with van der Waals surface area (Å²) in [5, 5.41) is 10.7. The third-order valence-electron chi connectivity index (χ3n) is 3.98. The highest BCUT2D eigenvalue weighted by Crippen LogP contribution is 2.20. The molecule has 0 amide bonds. The van der Waals surface area contributed by atoms with Crippen LogP contribution in [0.5, 0.6) is 0 Å². The molecule has 2 rings (SSSR count). The smallest absolute Gasteiger partial charge is 0.191 e. The second-order valence-corrected chi connectivity index (χ2v) is 7.78. The first-order chi connectivity index (χ1) is 12.5. The van der Waals surface area contributed by atoms with Crippen molar-refractivity contribution < 1.29 is 0 Å². The molecule has 1 atom stereocenters. The lowest BCUT2D eigenvalue weighted by Gasteiger charge is -2.23. The van der Waals surface area contributed by atoms with E-state index in [0.717, 1.165) is 41.2 Å². The Hall–Kier alpha value is -1.63. The number of guanidine groups is 1. The zero-order valence-corrected chi connectivity index (χ0v) is 17.5. The maximum Gasteiger partial charge on any atom is 0.191 e. The molecular weight excluding hydrogens is 366 g/mol. The number of hydrogen-bond acceptors (Lipinski definition) is 4. The Balaban J connectivity index is 1.97. The van der Waals surface area contributed by atoms with Crippen molar-refractivity contribution in [2.75, 3.05) is 33.7 Å². The number of rotatable bonds is 8. The van der Waals surface area contributed by atoms with Crippen molar-refractivity contribution in [2.24, 2.45) is 4.99 Å². The average Bonchev–Trinajstić information content (AvgIpc) is 3.01. The highest BCUT2D eigenvalue weighted by atomic mass is 35.5. The van der Waals surface area contributed by atoms with Gasteiger partial charge in [-0.15, -0.1) is 11.3 Å². The number of benzene rings is 1. The van der Waals surface area contributed by atoms with Gasteiger partial charge in [-0.2, -0.15) is 0 Å². The van der Waals surface area contributed by atoms with Gasteiger partial charge in [-0.3, -0.25) is 4.99 Å². The average molecular weight is 394 g/mol. The zero-order valence-electron chi connectivity index (χ0n) is 15.9. The summed E-state index contributed by atoms with van der Waals surface area (Å²) in [6.45, 7) is 6.41. The molecule has 5 nitrogen and oxygen atoms in total. The van der Waals surface area contributed by atoms with Crippen LogP contribution in [-0.4, -0.2) is 49.6 Å². The fraction of sp³-hybridized carbons (Fsp3) is 0.474. The molecule has 1 heterocycles. The molecule has 26 heavy (non-hydrogen) atoms. The number of nitrogens with zero attached hydrogens (tertiary/aromatic N) is 3. The van der Waals surface area contributed by atoms with Crippen LogP contribution in [0.1, 0.15) is 29.2 Å². The minimum Gasteiger partial charge on any atom is -0.357 e. The monoisotopic (exact) mass is 393 g/mol. The summed E-state index contributed by atoms with van der Waals surface area (Å²) in [5.41, 5.74) is 2.33. The van der Waals surface area contributed by atoms with Crippen LogP contribution < -0.4 is 10.6 Å². The molecule has 0 saturated heterocycles. The minimum atomic E-state index is 0.198. The number of thiazole rings is 1. The summed E-state index contributed by atoms with van der Waals surface area (Å²) in [4.78, 5) is 11.4. The van der Waals surface area contributed by atoms with Crippen LogP contribution in [0.3, 0.4) is 0 Å². The Bertz CT molecular complexity index is 696. The van der Waals surface area contributed by atoms with E-state index in [1.165, 1.54) is 5.56 Å². The standard InChI is InChI=1S/C19H28ClN5S/c1-5-21-19(22-11-10-17-13-26-14(2)24-17)23-12-18(25(3)4)15-6-8-16(20)9-7-15/h6-9,13,18H,5,10-12H2,1-4H3,(H2,21,22,23). The van der Waals surface area contributed by atoms with Crippen molar-refractivity contribution in [2.45, 2.75) is 26.3 Å². The van der Waals surface area contributed by atoms with Crippen LogP contribution in [0.4, 0.5) is 0 Å². The van der Waals surface area contributed by atoms with Gasteiger partial charge in [-0.05, 0) is 45.6 Å². The Morgan fingerprint density at radius 2 is 2.00 bits per heavy atom. The molecule has 0 aliphatic rings. The number of aromatic nitrogens is 1. The summed E-state index contributed by atoms with van der Waals surface area (Å²) < 4.78 is 0. The van der Waals surface area contributed by atoms with Crippen LogP contribution in [0, 0.1) is 6.92 Å². The van der Waals surface area contributed by atoms with E-state index in [9.17, 15) is 0 Å². The fourth-order valence-electron chi connectivity index (χ4n) is 2.60. The van der Waals surface area contributed by atoms with Crippen molar-refractivity contribution in [1.82, 2.24) is 20.5 Å². The summed E-state index contributed by atoms with van der Waals surface area (Å²) >= 11 is 7.70. The van der Waals surface area contributed by atoms with E-state index in [1.807, 2.05) is 19.1 Å². The van der Waals surface area contributed by atoms with E-state index < -0.39 is 0 Å². The highest BCUT2D eigenvalue weighted by molar-refractivity contribution is 7.09. The molecule has 2 aromatic rings. The topological polar surface area (TPSA) is 52.6 Å². The van der Waals surface area contributed by atoms with Crippen LogP contribution in [0.15, 0.2) is 34.6 Å². The zero-order chi connectivity index (χ0) is 18.9. The Labute approximate surface area is 165 Å². The molecule has 0 aliphatic heterocycles. The van der Waals surface area contributed by atoms with Gasteiger partial charge in [0.15, 0.2) is 5.96 Å². The molecule has 0 radical (unpaired) electrons. The van der Waals surface area contributed by atoms with Crippen LogP contribution in [0.25, 0.3) is 0 Å². The first-order valence-corrected chi connectivity index (χ1v) is 10.1. The summed E-state index contributed by atoms with van der Waals surface area (Å²) in [7, 11) is 4.14. The third-order valence-corrected chi connectivity index (χ3v) is 5.06. The van der Waals surface area contributed by atoms with Gasteiger partial charge in [0.25, 0.3) is 0 Å². The predicted molar refractivity (Wildman–Crippen MR) is 112 cm³/mol. The third kappa shape index (κ3) is 6.59. The molecule has 0 spiro atoms. The van der Waals surface area contributed by atoms with Gasteiger partial charge >= 0.3 is 0 Å². The molecule has 1 unspecified atom stereocenters. The van der Waals surface area contributed by atoms with E-state index in [2.05, 4.69) is 59.0 Å². The molecule has 1 aromatic carbocycles. The largest absolute Gasteiger partial charge is 0.357 e. The van der Waals surface area contributed by atoms with Crippen molar-refractivity contribution in [3.63, 3.8) is 0 Å². The number of halogens is 1. The normalized spacial score (nSPS) is 13.1. The lowest BCUT2D eigenvalue weighted by Crippen LogP contribution is -2.39. The second-order valence-electron chi connectivity index (χ2n) is 6.29. The molecule has 0 fully saturated rings. The van der Waals surface area contributed by atoms with Crippen LogP contribution in [0.2, 0.25) is 5.02 Å². The van der Waals surface area contributed by atoms with E-state index >= 15 is 0 Å².